The zero-order valence-corrected chi connectivity index (χ0v) is 24.9. The van der Waals surface area contributed by atoms with Crippen molar-refractivity contribution in [3.8, 4) is 0 Å². The van der Waals surface area contributed by atoms with Crippen LogP contribution in [0.2, 0.25) is 0 Å². The van der Waals surface area contributed by atoms with Crippen molar-refractivity contribution in [3.05, 3.63) is 12.2 Å². The Hall–Kier alpha value is -3.20. The van der Waals surface area contributed by atoms with Gasteiger partial charge in [-0.3, -0.25) is 28.9 Å². The Kier molecular flexibility index (Phi) is 14.2. The molecule has 0 saturated carbocycles. The molecule has 0 bridgehead atoms. The van der Waals surface area contributed by atoms with Gasteiger partial charge in [-0.15, -0.1) is 5.06 Å². The van der Waals surface area contributed by atoms with E-state index in [1.165, 1.54) is 12.2 Å². The minimum Gasteiger partial charge on any atom is -0.379 e. The normalized spacial score (nSPS) is 15.7. The maximum atomic E-state index is 12.3. The van der Waals surface area contributed by atoms with Gasteiger partial charge in [-0.05, 0) is 40.5 Å². The van der Waals surface area contributed by atoms with Gasteiger partial charge in [0, 0.05) is 51.1 Å². The summed E-state index contributed by atoms with van der Waals surface area (Å²) >= 11 is 0. The van der Waals surface area contributed by atoms with Crippen molar-refractivity contribution < 1.29 is 52.6 Å². The summed E-state index contributed by atoms with van der Waals surface area (Å²) < 4.78 is 22.3. The van der Waals surface area contributed by atoms with Crippen LogP contribution in [0.4, 0.5) is 0 Å². The van der Waals surface area contributed by atoms with Crippen LogP contribution in [-0.2, 0) is 52.6 Å². The maximum absolute atomic E-state index is 12.3. The van der Waals surface area contributed by atoms with E-state index in [9.17, 15) is 28.8 Å². The molecular weight excluding hydrogens is 554 g/mol. The standard InChI is InChI=1S/C28H43N3O11/c1-27(2,26(37)42-31-24(35)7-8-25(31)36)11-14-38-15-16-39-17-18-40-19-20-41-28(3,4)10-12-29-21(32)9-13-30-22(33)5-6-23(30)34/h5-6H,7-20H2,1-4H3,(H,29,32). The van der Waals surface area contributed by atoms with Crippen LogP contribution in [0.5, 0.6) is 0 Å². The van der Waals surface area contributed by atoms with E-state index in [0.29, 0.717) is 64.1 Å². The van der Waals surface area contributed by atoms with Gasteiger partial charge in [0.15, 0.2) is 0 Å². The number of hydrogen-bond acceptors (Lipinski definition) is 11. The SMILES string of the molecule is CC(C)(CCNC(=O)CCN1C(=O)C=CC1=O)OCCOCCOCCOCCC(C)(C)C(=O)ON1C(=O)CCC1=O. The van der Waals surface area contributed by atoms with Gasteiger partial charge in [-0.1, -0.05) is 0 Å². The third kappa shape index (κ3) is 12.3. The van der Waals surface area contributed by atoms with Crippen LogP contribution in [0.25, 0.3) is 0 Å². The molecule has 1 N–H and O–H groups in total. The van der Waals surface area contributed by atoms with Crippen molar-refractivity contribution in [1.82, 2.24) is 15.3 Å². The van der Waals surface area contributed by atoms with Crippen LogP contribution >= 0.6 is 0 Å². The third-order valence-corrected chi connectivity index (χ3v) is 6.58. The highest BCUT2D eigenvalue weighted by Crippen LogP contribution is 2.24. The van der Waals surface area contributed by atoms with E-state index >= 15 is 0 Å². The van der Waals surface area contributed by atoms with Gasteiger partial charge in [0.25, 0.3) is 23.6 Å². The van der Waals surface area contributed by atoms with Gasteiger partial charge in [0.05, 0.1) is 50.7 Å². The molecule has 0 aromatic heterocycles. The molecule has 42 heavy (non-hydrogen) atoms. The zero-order chi connectivity index (χ0) is 31.2. The lowest BCUT2D eigenvalue weighted by molar-refractivity contribution is -0.204. The second-order valence-electron chi connectivity index (χ2n) is 11.1. The highest BCUT2D eigenvalue weighted by atomic mass is 16.7. The molecule has 14 nitrogen and oxygen atoms in total. The van der Waals surface area contributed by atoms with Gasteiger partial charge >= 0.3 is 5.97 Å². The number of hydroxylamine groups is 2. The van der Waals surface area contributed by atoms with Gasteiger partial charge in [0.2, 0.25) is 5.91 Å². The summed E-state index contributed by atoms with van der Waals surface area (Å²) in [6, 6.07) is 0. The van der Waals surface area contributed by atoms with Crippen LogP contribution in [0, 0.1) is 5.41 Å². The molecule has 0 unspecified atom stereocenters. The number of amides is 5. The van der Waals surface area contributed by atoms with Crippen molar-refractivity contribution >= 4 is 35.5 Å². The van der Waals surface area contributed by atoms with E-state index in [2.05, 4.69) is 5.32 Å². The van der Waals surface area contributed by atoms with E-state index in [-0.39, 0.29) is 38.3 Å². The number of hydrogen-bond donors (Lipinski definition) is 1. The molecule has 0 radical (unpaired) electrons. The van der Waals surface area contributed by atoms with Crippen LogP contribution in [0.15, 0.2) is 12.2 Å². The average molecular weight is 598 g/mol. The molecule has 2 aliphatic rings. The molecule has 0 spiro atoms. The number of nitrogens with zero attached hydrogens (tertiary/aromatic N) is 2. The number of imide groups is 2. The highest BCUT2D eigenvalue weighted by molar-refractivity contribution is 6.13. The Morgan fingerprint density at radius 1 is 0.786 bits per heavy atom. The molecule has 14 heteroatoms. The molecule has 1 saturated heterocycles. The predicted molar refractivity (Wildman–Crippen MR) is 146 cm³/mol. The fraction of sp³-hybridized carbons (Fsp3) is 0.714. The molecule has 2 aliphatic heterocycles. The first-order valence-electron chi connectivity index (χ1n) is 14.1. The number of rotatable bonds is 21. The minimum atomic E-state index is -0.932. The highest BCUT2D eigenvalue weighted by Gasteiger charge is 2.38. The van der Waals surface area contributed by atoms with E-state index in [1.54, 1.807) is 13.8 Å². The second-order valence-corrected chi connectivity index (χ2v) is 11.1. The number of carbonyl (C=O) groups is 6. The van der Waals surface area contributed by atoms with E-state index < -0.39 is 40.6 Å². The zero-order valence-electron chi connectivity index (χ0n) is 24.9. The summed E-state index contributed by atoms with van der Waals surface area (Å²) in [5, 5.41) is 3.32. The Balaban J connectivity index is 1.41. The Morgan fingerprint density at radius 3 is 1.88 bits per heavy atom. The van der Waals surface area contributed by atoms with Gasteiger partial charge in [-0.25, -0.2) is 4.79 Å². The summed E-state index contributed by atoms with van der Waals surface area (Å²) in [7, 11) is 0. The summed E-state index contributed by atoms with van der Waals surface area (Å²) in [5.41, 5.74) is -1.41. The first-order valence-corrected chi connectivity index (χ1v) is 14.1. The number of ether oxygens (including phenoxy) is 4. The Bertz CT molecular complexity index is 975. The third-order valence-electron chi connectivity index (χ3n) is 6.58. The van der Waals surface area contributed by atoms with Crippen LogP contribution < -0.4 is 5.32 Å². The number of carbonyl (C=O) groups excluding carboxylic acids is 6. The first kappa shape index (κ1) is 35.0. The smallest absolute Gasteiger partial charge is 0.338 e. The minimum absolute atomic E-state index is 0.0458. The van der Waals surface area contributed by atoms with Crippen LogP contribution in [-0.4, -0.2) is 110 Å². The summed E-state index contributed by atoms with van der Waals surface area (Å²) in [6.07, 6.45) is 3.43. The average Bonchev–Trinajstić information content (AvgIpc) is 3.42. The molecular formula is C28H43N3O11. The molecule has 0 aromatic carbocycles. The molecule has 0 atom stereocenters. The van der Waals surface area contributed by atoms with Crippen molar-refractivity contribution in [2.75, 3.05) is 59.3 Å². The van der Waals surface area contributed by atoms with Crippen molar-refractivity contribution in [2.24, 2.45) is 5.41 Å². The topological polar surface area (TPSA) is 167 Å². The Morgan fingerprint density at radius 2 is 1.31 bits per heavy atom. The monoisotopic (exact) mass is 597 g/mol. The van der Waals surface area contributed by atoms with E-state index in [1.807, 2.05) is 13.8 Å². The summed E-state index contributed by atoms with van der Waals surface area (Å²) in [5.74, 6) is -2.74. The summed E-state index contributed by atoms with van der Waals surface area (Å²) in [4.78, 5) is 76.6. The van der Waals surface area contributed by atoms with Crippen molar-refractivity contribution in [2.45, 2.75) is 65.4 Å². The van der Waals surface area contributed by atoms with Gasteiger partial charge < -0.3 is 29.1 Å². The van der Waals surface area contributed by atoms with Crippen molar-refractivity contribution in [1.29, 1.82) is 0 Å². The molecule has 2 heterocycles. The molecule has 0 aromatic rings. The maximum Gasteiger partial charge on any atom is 0.338 e. The van der Waals surface area contributed by atoms with E-state index in [4.69, 9.17) is 23.8 Å². The van der Waals surface area contributed by atoms with Crippen LogP contribution in [0.1, 0.15) is 59.8 Å². The fourth-order valence-electron chi connectivity index (χ4n) is 3.74. The van der Waals surface area contributed by atoms with Gasteiger partial charge in [-0.2, -0.15) is 0 Å². The van der Waals surface area contributed by atoms with Crippen molar-refractivity contribution in [3.63, 3.8) is 0 Å². The van der Waals surface area contributed by atoms with E-state index in [0.717, 1.165) is 4.90 Å². The predicted octanol–water partition coefficient (Wildman–Crippen LogP) is 0.676. The number of nitrogens with one attached hydrogen (secondary N) is 1. The second kappa shape index (κ2) is 17.0. The molecule has 0 aliphatic carbocycles. The first-order chi connectivity index (χ1) is 19.8. The Labute approximate surface area is 245 Å². The lowest BCUT2D eigenvalue weighted by Crippen LogP contribution is -2.38. The lowest BCUT2D eigenvalue weighted by atomic mass is 9.90. The quantitative estimate of drug-likeness (QED) is 0.146. The largest absolute Gasteiger partial charge is 0.379 e. The van der Waals surface area contributed by atoms with Gasteiger partial charge in [0.1, 0.15) is 0 Å². The fourth-order valence-corrected chi connectivity index (χ4v) is 3.74. The molecule has 2 rings (SSSR count). The molecule has 1 fully saturated rings. The van der Waals surface area contributed by atoms with Crippen LogP contribution in [0.3, 0.4) is 0 Å². The molecule has 5 amide bonds. The molecule has 236 valence electrons. The lowest BCUT2D eigenvalue weighted by Gasteiger charge is -2.25. The summed E-state index contributed by atoms with van der Waals surface area (Å²) in [6.45, 7) is 10.0.